The van der Waals surface area contributed by atoms with E-state index in [2.05, 4.69) is 44.0 Å². The van der Waals surface area contributed by atoms with E-state index in [1.807, 2.05) is 0 Å². The van der Waals surface area contributed by atoms with Gasteiger partial charge in [0.1, 0.15) is 6.16 Å². The maximum absolute atomic E-state index is 3.66. The van der Waals surface area contributed by atoms with Crippen molar-refractivity contribution in [2.75, 3.05) is 12.3 Å². The van der Waals surface area contributed by atoms with Crippen molar-refractivity contribution in [3.8, 4) is 0 Å². The average molecular weight is 259 g/mol. The van der Waals surface area contributed by atoms with Crippen molar-refractivity contribution >= 4 is 35.6 Å². The summed E-state index contributed by atoms with van der Waals surface area (Å²) < 4.78 is -0.817. The molecule has 3 heteroatoms. The van der Waals surface area contributed by atoms with Crippen LogP contribution in [0, 0.1) is 0 Å². The Balaban J connectivity index is 2.55. The largest absolute Gasteiger partial charge is 0.161 e. The predicted molar refractivity (Wildman–Crippen MR) is 48.3 cm³/mol. The lowest BCUT2D eigenvalue weighted by Crippen LogP contribution is -1.76. The standard InChI is InChI=1S/C5H8Br2P/c1-5-2-3-8(6,7)4-5/h2H,3-4H2,1H3/q+1. The topological polar surface area (TPSA) is 0 Å². The molecule has 0 bridgehead atoms. The fourth-order valence-corrected chi connectivity index (χ4v) is 5.59. The van der Waals surface area contributed by atoms with E-state index in [0.29, 0.717) is 0 Å². The minimum atomic E-state index is -0.817. The van der Waals surface area contributed by atoms with E-state index >= 15 is 0 Å². The normalized spacial score (nSPS) is 25.6. The van der Waals surface area contributed by atoms with Crippen molar-refractivity contribution in [3.05, 3.63) is 11.6 Å². The van der Waals surface area contributed by atoms with Gasteiger partial charge >= 0.3 is 0 Å². The minimum absolute atomic E-state index is 0.817. The molecular formula is C5H8Br2P+. The molecule has 1 aliphatic rings. The monoisotopic (exact) mass is 257 g/mol. The van der Waals surface area contributed by atoms with Gasteiger partial charge in [-0.05, 0) is 18.6 Å². The van der Waals surface area contributed by atoms with E-state index in [1.165, 1.54) is 17.9 Å². The molecule has 0 aromatic heterocycles. The lowest BCUT2D eigenvalue weighted by atomic mass is 10.3. The zero-order valence-corrected chi connectivity index (χ0v) is 8.76. The number of allylic oxidation sites excluding steroid dienone is 2. The van der Waals surface area contributed by atoms with Crippen LogP contribution in [0.25, 0.3) is 0 Å². The Kier molecular flexibility index (Phi) is 2.17. The second kappa shape index (κ2) is 2.40. The van der Waals surface area contributed by atoms with Crippen LogP contribution < -0.4 is 0 Å². The van der Waals surface area contributed by atoms with Crippen molar-refractivity contribution in [2.45, 2.75) is 6.92 Å². The van der Waals surface area contributed by atoms with E-state index in [0.717, 1.165) is 0 Å². The molecule has 0 saturated heterocycles. The van der Waals surface area contributed by atoms with E-state index in [4.69, 9.17) is 0 Å². The Hall–Kier alpha value is 1.13. The maximum atomic E-state index is 3.66. The fourth-order valence-electron chi connectivity index (χ4n) is 0.783. The Morgan fingerprint density at radius 3 is 2.38 bits per heavy atom. The molecule has 0 saturated carbocycles. The maximum Gasteiger partial charge on any atom is 0.161 e. The molecule has 0 fully saturated rings. The summed E-state index contributed by atoms with van der Waals surface area (Å²) in [6, 6.07) is 0. The van der Waals surface area contributed by atoms with Crippen molar-refractivity contribution in [1.82, 2.24) is 0 Å². The summed E-state index contributed by atoms with van der Waals surface area (Å²) in [5.41, 5.74) is 1.52. The second-order valence-corrected chi connectivity index (χ2v) is 15.4. The molecule has 0 nitrogen and oxygen atoms in total. The van der Waals surface area contributed by atoms with Gasteiger partial charge in [0, 0.05) is 0 Å². The molecule has 0 unspecified atom stereocenters. The van der Waals surface area contributed by atoms with Crippen LogP contribution in [-0.4, -0.2) is 12.3 Å². The first kappa shape index (κ1) is 7.24. The van der Waals surface area contributed by atoms with Gasteiger partial charge in [-0.2, -0.15) is 0 Å². The van der Waals surface area contributed by atoms with E-state index < -0.39 is 4.67 Å². The summed E-state index contributed by atoms with van der Waals surface area (Å²) in [7, 11) is 0. The molecule has 0 atom stereocenters. The average Bonchev–Trinajstić information content (AvgIpc) is 1.82. The second-order valence-electron chi connectivity index (χ2n) is 2.16. The molecule has 0 radical (unpaired) electrons. The highest BCUT2D eigenvalue weighted by Gasteiger charge is 2.35. The molecule has 46 valence electrons. The van der Waals surface area contributed by atoms with Crippen LogP contribution in [0.15, 0.2) is 11.6 Å². The van der Waals surface area contributed by atoms with E-state index in [9.17, 15) is 0 Å². The summed E-state index contributed by atoms with van der Waals surface area (Å²) in [6.45, 7) is 2.18. The van der Waals surface area contributed by atoms with Crippen LogP contribution in [-0.2, 0) is 0 Å². The van der Waals surface area contributed by atoms with Crippen molar-refractivity contribution in [1.29, 1.82) is 0 Å². The third-order valence-electron chi connectivity index (χ3n) is 1.19. The van der Waals surface area contributed by atoms with E-state index in [-0.39, 0.29) is 0 Å². The van der Waals surface area contributed by atoms with Crippen LogP contribution in [0.5, 0.6) is 0 Å². The third kappa shape index (κ3) is 1.82. The summed E-state index contributed by atoms with van der Waals surface area (Å²) in [6.07, 6.45) is 4.77. The van der Waals surface area contributed by atoms with Gasteiger partial charge in [-0.3, -0.25) is 0 Å². The third-order valence-corrected chi connectivity index (χ3v) is 6.11. The van der Waals surface area contributed by atoms with Crippen molar-refractivity contribution in [3.63, 3.8) is 0 Å². The van der Waals surface area contributed by atoms with Crippen LogP contribution in [0.1, 0.15) is 6.92 Å². The smallest absolute Gasteiger partial charge is 0.0433 e. The lowest BCUT2D eigenvalue weighted by molar-refractivity contribution is 1.42. The molecule has 1 rings (SSSR count). The zero-order chi connectivity index (χ0) is 6.20. The van der Waals surface area contributed by atoms with Crippen LogP contribution >= 0.6 is 35.6 Å². The molecule has 0 aliphatic carbocycles. The van der Waals surface area contributed by atoms with Gasteiger partial charge in [0.05, 0.1) is 6.16 Å². The SMILES string of the molecule is CC1=CC[P+](Br)(Br)C1. The molecule has 0 aromatic carbocycles. The summed E-state index contributed by atoms with van der Waals surface area (Å²) in [5, 5.41) is 0. The van der Waals surface area contributed by atoms with Crippen molar-refractivity contribution in [2.24, 2.45) is 0 Å². The summed E-state index contributed by atoms with van der Waals surface area (Å²) in [4.78, 5) is 0. The van der Waals surface area contributed by atoms with Crippen LogP contribution in [0.4, 0.5) is 0 Å². The molecule has 1 heterocycles. The molecule has 0 amide bonds. The summed E-state index contributed by atoms with van der Waals surface area (Å²) in [5.74, 6) is 0. The van der Waals surface area contributed by atoms with Gasteiger partial charge in [0.25, 0.3) is 0 Å². The van der Waals surface area contributed by atoms with Gasteiger partial charge in [-0.15, -0.1) is 0 Å². The van der Waals surface area contributed by atoms with Crippen molar-refractivity contribution < 1.29 is 0 Å². The number of hydrogen-bond acceptors (Lipinski definition) is 0. The first-order valence-electron chi connectivity index (χ1n) is 2.52. The number of rotatable bonds is 0. The first-order valence-corrected chi connectivity index (χ1v) is 8.72. The van der Waals surface area contributed by atoms with E-state index in [1.54, 1.807) is 0 Å². The van der Waals surface area contributed by atoms with Gasteiger partial charge in [0.2, 0.25) is 0 Å². The Bertz CT molecular complexity index is 128. The quantitative estimate of drug-likeness (QED) is 0.460. The molecular weight excluding hydrogens is 251 g/mol. The molecule has 0 aromatic rings. The molecule has 8 heavy (non-hydrogen) atoms. The van der Waals surface area contributed by atoms with Crippen LogP contribution in [0.3, 0.4) is 0 Å². The Labute approximate surface area is 66.5 Å². The van der Waals surface area contributed by atoms with Gasteiger partial charge in [-0.1, -0.05) is 0 Å². The zero-order valence-electron chi connectivity index (χ0n) is 4.69. The molecule has 0 spiro atoms. The minimum Gasteiger partial charge on any atom is -0.0433 e. The number of hydrogen-bond donors (Lipinski definition) is 0. The lowest BCUT2D eigenvalue weighted by Gasteiger charge is -1.99. The highest BCUT2D eigenvalue weighted by atomic mass is 79.9. The summed E-state index contributed by atoms with van der Waals surface area (Å²) >= 11 is 7.32. The number of halogens is 2. The van der Waals surface area contributed by atoms with Crippen LogP contribution in [0.2, 0.25) is 0 Å². The Morgan fingerprint density at radius 1 is 1.62 bits per heavy atom. The predicted octanol–water partition coefficient (Wildman–Crippen LogP) is 3.58. The van der Waals surface area contributed by atoms with Gasteiger partial charge in [-0.25, -0.2) is 0 Å². The fraction of sp³-hybridized carbons (Fsp3) is 0.600. The highest BCUT2D eigenvalue weighted by Crippen LogP contribution is 2.76. The highest BCUT2D eigenvalue weighted by molar-refractivity contribution is 9.73. The van der Waals surface area contributed by atoms with Gasteiger partial charge < -0.3 is 0 Å². The Morgan fingerprint density at radius 2 is 2.25 bits per heavy atom. The molecule has 1 aliphatic heterocycles. The van der Waals surface area contributed by atoms with Gasteiger partial charge in [0.15, 0.2) is 35.6 Å². The first-order chi connectivity index (χ1) is 3.60. The molecule has 0 N–H and O–H groups in total.